The quantitative estimate of drug-likeness (QED) is 0.354. The van der Waals surface area contributed by atoms with Gasteiger partial charge in [-0.25, -0.2) is 4.79 Å². The van der Waals surface area contributed by atoms with E-state index < -0.39 is 5.97 Å². The van der Waals surface area contributed by atoms with Crippen LogP contribution in [0.25, 0.3) is 0 Å². The van der Waals surface area contributed by atoms with Gasteiger partial charge in [-0.05, 0) is 48.8 Å². The second-order valence-corrected chi connectivity index (χ2v) is 8.08. The van der Waals surface area contributed by atoms with Crippen LogP contribution in [0.2, 0.25) is 0 Å². The number of benzene rings is 1. The maximum atomic E-state index is 12.7. The van der Waals surface area contributed by atoms with Crippen LogP contribution in [0.15, 0.2) is 61.3 Å². The highest BCUT2D eigenvalue weighted by atomic mass is 32.1. The van der Waals surface area contributed by atoms with Crippen LogP contribution in [0.4, 0.5) is 22.1 Å². The van der Waals surface area contributed by atoms with Crippen LogP contribution in [-0.4, -0.2) is 31.9 Å². The van der Waals surface area contributed by atoms with Gasteiger partial charge in [-0.3, -0.25) is 14.5 Å². The predicted molar refractivity (Wildman–Crippen MR) is 129 cm³/mol. The molecule has 1 N–H and O–H groups in total. The van der Waals surface area contributed by atoms with Crippen molar-refractivity contribution in [3.8, 4) is 0 Å². The molecule has 1 aromatic heterocycles. The van der Waals surface area contributed by atoms with Crippen molar-refractivity contribution in [3.63, 3.8) is 0 Å². The van der Waals surface area contributed by atoms with E-state index in [9.17, 15) is 14.4 Å². The number of rotatable bonds is 8. The lowest BCUT2D eigenvalue weighted by Gasteiger charge is -2.33. The third-order valence-corrected chi connectivity index (χ3v) is 6.14. The van der Waals surface area contributed by atoms with Crippen molar-refractivity contribution in [1.29, 1.82) is 0 Å². The van der Waals surface area contributed by atoms with E-state index in [1.807, 2.05) is 24.3 Å². The highest BCUT2D eigenvalue weighted by Gasteiger charge is 2.26. The van der Waals surface area contributed by atoms with Gasteiger partial charge in [0.25, 0.3) is 0 Å². The van der Waals surface area contributed by atoms with Crippen molar-refractivity contribution >= 4 is 51.7 Å². The maximum absolute atomic E-state index is 12.7. The average Bonchev–Trinajstić information content (AvgIpc) is 3.20. The van der Waals surface area contributed by atoms with Gasteiger partial charge < -0.3 is 15.0 Å². The number of allylic oxidation sites excluding steroid dienone is 3. The number of aryl methyl sites for hydroxylation is 1. The van der Waals surface area contributed by atoms with Crippen molar-refractivity contribution < 1.29 is 19.1 Å². The summed E-state index contributed by atoms with van der Waals surface area (Å²) in [5.74, 6) is -0.804. The second kappa shape index (κ2) is 10.1. The third kappa shape index (κ3) is 4.50. The number of ether oxygens (including phenoxy) is 1. The zero-order chi connectivity index (χ0) is 23.3. The lowest BCUT2D eigenvalue weighted by Crippen LogP contribution is -2.29. The minimum absolute atomic E-state index is 0.263. The largest absolute Gasteiger partial charge is 0.465 e. The number of anilines is 4. The topological polar surface area (TPSA) is 79.0 Å². The van der Waals surface area contributed by atoms with Crippen molar-refractivity contribution in [2.45, 2.75) is 19.8 Å². The molecule has 8 heteroatoms. The van der Waals surface area contributed by atoms with E-state index in [4.69, 9.17) is 4.74 Å². The molecule has 2 heterocycles. The molecule has 0 saturated heterocycles. The fourth-order valence-electron chi connectivity index (χ4n) is 3.76. The molecule has 32 heavy (non-hydrogen) atoms. The molecule has 0 spiro atoms. The van der Waals surface area contributed by atoms with Crippen LogP contribution in [0, 0.1) is 0 Å². The van der Waals surface area contributed by atoms with Crippen molar-refractivity contribution in [3.05, 3.63) is 71.8 Å². The number of esters is 1. The molecule has 0 radical (unpaired) electrons. The van der Waals surface area contributed by atoms with Crippen molar-refractivity contribution in [1.82, 2.24) is 0 Å². The Morgan fingerprint density at radius 1 is 1.28 bits per heavy atom. The zero-order valence-corrected chi connectivity index (χ0v) is 18.9. The molecule has 1 aromatic carbocycles. The highest BCUT2D eigenvalue weighted by molar-refractivity contribution is 7.18. The molecule has 0 fully saturated rings. The van der Waals surface area contributed by atoms with Gasteiger partial charge in [-0.1, -0.05) is 25.3 Å². The Labute approximate surface area is 191 Å². The maximum Gasteiger partial charge on any atom is 0.348 e. The lowest BCUT2D eigenvalue weighted by molar-refractivity contribution is -0.115. The molecular weight excluding hydrogens is 426 g/mol. The third-order valence-electron chi connectivity index (χ3n) is 5.10. The van der Waals surface area contributed by atoms with Crippen LogP contribution in [0.3, 0.4) is 0 Å². The van der Waals surface area contributed by atoms with Gasteiger partial charge in [-0.15, -0.1) is 11.3 Å². The number of fused-ring (bicyclic) bond motifs is 1. The Morgan fingerprint density at radius 2 is 2.06 bits per heavy atom. The van der Waals surface area contributed by atoms with E-state index >= 15 is 0 Å². The number of hydrogen-bond acceptors (Lipinski definition) is 6. The Kier molecular flexibility index (Phi) is 7.27. The SMILES string of the molecule is C=C/C=C(\C=C)N1CCCc2ccc(N(C(C)=O)c3cc(C(=O)OC)sc3NC=O)cc21. The fraction of sp³-hybridized carbons (Fsp3) is 0.208. The number of carbonyl (C=O) groups is 3. The lowest BCUT2D eigenvalue weighted by atomic mass is 9.99. The summed E-state index contributed by atoms with van der Waals surface area (Å²) >= 11 is 1.05. The van der Waals surface area contributed by atoms with Gasteiger partial charge in [0.1, 0.15) is 9.88 Å². The monoisotopic (exact) mass is 451 g/mol. The van der Waals surface area contributed by atoms with Crippen molar-refractivity contribution in [2.75, 3.05) is 28.8 Å². The molecule has 0 aliphatic carbocycles. The highest BCUT2D eigenvalue weighted by Crippen LogP contribution is 2.42. The summed E-state index contributed by atoms with van der Waals surface area (Å²) in [6, 6.07) is 7.36. The molecule has 1 aliphatic heterocycles. The van der Waals surface area contributed by atoms with Crippen LogP contribution in [-0.2, 0) is 20.7 Å². The summed E-state index contributed by atoms with van der Waals surface area (Å²) in [7, 11) is 1.28. The molecule has 3 rings (SSSR count). The number of thiophene rings is 1. The van der Waals surface area contributed by atoms with Gasteiger partial charge in [-0.2, -0.15) is 0 Å². The van der Waals surface area contributed by atoms with E-state index in [0.717, 1.165) is 47.7 Å². The van der Waals surface area contributed by atoms with Crippen LogP contribution >= 0.6 is 11.3 Å². The van der Waals surface area contributed by atoms with E-state index in [1.54, 1.807) is 18.2 Å². The summed E-state index contributed by atoms with van der Waals surface area (Å²) in [5.41, 5.74) is 4.07. The predicted octanol–water partition coefficient (Wildman–Crippen LogP) is 4.80. The number of methoxy groups -OCH3 is 1. The zero-order valence-electron chi connectivity index (χ0n) is 18.1. The first-order chi connectivity index (χ1) is 15.4. The molecule has 166 valence electrons. The smallest absolute Gasteiger partial charge is 0.348 e. The molecule has 7 nitrogen and oxygen atoms in total. The number of nitrogens with one attached hydrogen (secondary N) is 1. The standard InChI is InChI=1S/C24H25N3O4S/c1-5-8-18(6-2)26-12-7-9-17-10-11-19(13-20(17)26)27(16(3)29)21-14-22(24(30)31-4)32-23(21)25-15-28/h5-6,8,10-11,13-15H,1-2,7,9,12H2,3-4H3,(H,25,28)/b18-8+. The van der Waals surface area contributed by atoms with Gasteiger partial charge in [0.05, 0.1) is 18.5 Å². The summed E-state index contributed by atoms with van der Waals surface area (Å²) < 4.78 is 4.80. The molecule has 0 unspecified atom stereocenters. The molecule has 0 atom stereocenters. The minimum Gasteiger partial charge on any atom is -0.465 e. The average molecular weight is 452 g/mol. The van der Waals surface area contributed by atoms with E-state index in [-0.39, 0.29) is 10.8 Å². The minimum atomic E-state index is -0.541. The summed E-state index contributed by atoms with van der Waals surface area (Å²) in [5, 5.41) is 2.97. The number of nitrogens with zero attached hydrogens (tertiary/aromatic N) is 2. The molecule has 1 aliphatic rings. The van der Waals surface area contributed by atoms with Gasteiger partial charge in [0.2, 0.25) is 12.3 Å². The number of hydrogen-bond donors (Lipinski definition) is 1. The first-order valence-electron chi connectivity index (χ1n) is 10.0. The summed E-state index contributed by atoms with van der Waals surface area (Å²) in [6.07, 6.45) is 7.82. The Morgan fingerprint density at radius 3 is 2.69 bits per heavy atom. The molecule has 0 saturated carbocycles. The van der Waals surface area contributed by atoms with Gasteiger partial charge in [0.15, 0.2) is 0 Å². The van der Waals surface area contributed by atoms with Crippen molar-refractivity contribution in [2.24, 2.45) is 0 Å². The molecule has 2 amide bonds. The number of carbonyl (C=O) groups excluding carboxylic acids is 3. The Bertz CT molecular complexity index is 1100. The van der Waals surface area contributed by atoms with Crippen LogP contribution in [0.5, 0.6) is 0 Å². The second-order valence-electron chi connectivity index (χ2n) is 7.03. The Balaban J connectivity index is 2.14. The normalized spacial score (nSPS) is 13.1. The van der Waals surface area contributed by atoms with Gasteiger partial charge in [0, 0.05) is 24.9 Å². The summed E-state index contributed by atoms with van der Waals surface area (Å²) in [6.45, 7) is 9.94. The van der Waals surface area contributed by atoms with Crippen LogP contribution < -0.4 is 15.1 Å². The van der Waals surface area contributed by atoms with E-state index in [1.165, 1.54) is 18.9 Å². The molecule has 2 aromatic rings. The fourth-order valence-corrected chi connectivity index (χ4v) is 4.67. The summed E-state index contributed by atoms with van der Waals surface area (Å²) in [4.78, 5) is 39.8. The van der Waals surface area contributed by atoms with Gasteiger partial charge >= 0.3 is 5.97 Å². The van der Waals surface area contributed by atoms with Crippen LogP contribution in [0.1, 0.15) is 28.6 Å². The first kappa shape index (κ1) is 23.0. The molecule has 0 bridgehead atoms. The first-order valence-corrected chi connectivity index (χ1v) is 10.9. The molecular formula is C24H25N3O4S. The number of amides is 2. The van der Waals surface area contributed by atoms with E-state index in [0.29, 0.717) is 22.8 Å². The van der Waals surface area contributed by atoms with E-state index in [2.05, 4.69) is 23.4 Å². The Hall–Kier alpha value is -3.65.